The molecule has 1 aromatic heterocycles. The lowest BCUT2D eigenvalue weighted by Crippen LogP contribution is -2.21. The van der Waals surface area contributed by atoms with E-state index in [1.165, 1.54) is 7.11 Å². The van der Waals surface area contributed by atoms with Crippen molar-refractivity contribution in [3.63, 3.8) is 0 Å². The van der Waals surface area contributed by atoms with Crippen LogP contribution in [-0.2, 0) is 11.2 Å². The van der Waals surface area contributed by atoms with Gasteiger partial charge in [-0.15, -0.1) is 0 Å². The fourth-order valence-electron chi connectivity index (χ4n) is 1.05. The Morgan fingerprint density at radius 1 is 1.40 bits per heavy atom. The molecule has 1 aromatic rings. The van der Waals surface area contributed by atoms with E-state index in [0.29, 0.717) is 18.9 Å². The fraction of sp³-hybridized carbons (Fsp3) is 0.500. The highest BCUT2D eigenvalue weighted by atomic mass is 16.5. The monoisotopic (exact) mass is 209 g/mol. The summed E-state index contributed by atoms with van der Waals surface area (Å²) in [6.45, 7) is 0. The van der Waals surface area contributed by atoms with Gasteiger partial charge in [-0.3, -0.25) is 4.79 Å². The molecule has 1 heterocycles. The fourth-order valence-corrected chi connectivity index (χ4v) is 1.05. The number of amides is 1. The Morgan fingerprint density at radius 2 is 2.00 bits per heavy atom. The third-order valence-corrected chi connectivity index (χ3v) is 1.99. The second-order valence-electron chi connectivity index (χ2n) is 3.37. The lowest BCUT2D eigenvalue weighted by atomic mass is 10.2. The van der Waals surface area contributed by atoms with E-state index in [0.717, 1.165) is 5.56 Å². The van der Waals surface area contributed by atoms with Crippen LogP contribution < -0.4 is 4.74 Å². The maximum absolute atomic E-state index is 11.3. The maximum atomic E-state index is 11.3. The van der Waals surface area contributed by atoms with Crippen LogP contribution >= 0.6 is 0 Å². The van der Waals surface area contributed by atoms with E-state index in [1.54, 1.807) is 31.4 Å². The van der Waals surface area contributed by atoms with Gasteiger partial charge < -0.3 is 9.64 Å². The number of aryl methyl sites for hydroxylation is 1. The molecule has 0 aromatic carbocycles. The third-order valence-electron chi connectivity index (χ3n) is 1.99. The summed E-state index contributed by atoms with van der Waals surface area (Å²) in [5.41, 5.74) is 0.936. The standard InChI is InChI=1S/C10H15N3O2/c1-13(2)9(14)5-4-8-6-11-10(15-3)12-7-8/h6-7H,4-5H2,1-3H3. The van der Waals surface area contributed by atoms with E-state index in [-0.39, 0.29) is 5.91 Å². The summed E-state index contributed by atoms with van der Waals surface area (Å²) >= 11 is 0. The van der Waals surface area contributed by atoms with Crippen molar-refractivity contribution in [3.8, 4) is 6.01 Å². The first-order chi connectivity index (χ1) is 7.13. The van der Waals surface area contributed by atoms with Crippen LogP contribution in [0.4, 0.5) is 0 Å². The lowest BCUT2D eigenvalue weighted by molar-refractivity contribution is -0.128. The number of methoxy groups -OCH3 is 1. The molecule has 0 atom stereocenters. The molecule has 0 aliphatic carbocycles. The summed E-state index contributed by atoms with van der Waals surface area (Å²) in [7, 11) is 5.00. The zero-order valence-electron chi connectivity index (χ0n) is 9.23. The van der Waals surface area contributed by atoms with Crippen molar-refractivity contribution in [2.45, 2.75) is 12.8 Å². The molecule has 1 amide bonds. The van der Waals surface area contributed by atoms with Gasteiger partial charge in [0.15, 0.2) is 0 Å². The highest BCUT2D eigenvalue weighted by Crippen LogP contribution is 2.04. The molecule has 0 aliphatic rings. The maximum Gasteiger partial charge on any atom is 0.316 e. The molecule has 0 radical (unpaired) electrons. The van der Waals surface area contributed by atoms with Crippen molar-refractivity contribution in [2.75, 3.05) is 21.2 Å². The van der Waals surface area contributed by atoms with Crippen LogP contribution in [0.3, 0.4) is 0 Å². The zero-order valence-corrected chi connectivity index (χ0v) is 9.23. The number of carbonyl (C=O) groups excluding carboxylic acids is 1. The number of carbonyl (C=O) groups is 1. The van der Waals surface area contributed by atoms with E-state index >= 15 is 0 Å². The first kappa shape index (κ1) is 11.4. The predicted molar refractivity (Wildman–Crippen MR) is 55.6 cm³/mol. The molecular weight excluding hydrogens is 194 g/mol. The highest BCUT2D eigenvalue weighted by molar-refractivity contribution is 5.75. The first-order valence-electron chi connectivity index (χ1n) is 4.68. The average Bonchev–Trinajstić information content (AvgIpc) is 2.26. The smallest absolute Gasteiger partial charge is 0.316 e. The van der Waals surface area contributed by atoms with Crippen LogP contribution in [0.15, 0.2) is 12.4 Å². The summed E-state index contributed by atoms with van der Waals surface area (Å²) < 4.78 is 4.84. The van der Waals surface area contributed by atoms with Gasteiger partial charge in [0.25, 0.3) is 0 Å². The van der Waals surface area contributed by atoms with Crippen LogP contribution in [-0.4, -0.2) is 42.0 Å². The molecule has 0 spiro atoms. The van der Waals surface area contributed by atoms with Gasteiger partial charge >= 0.3 is 6.01 Å². The molecule has 5 nitrogen and oxygen atoms in total. The first-order valence-corrected chi connectivity index (χ1v) is 4.68. The van der Waals surface area contributed by atoms with Crippen molar-refractivity contribution < 1.29 is 9.53 Å². The largest absolute Gasteiger partial charge is 0.467 e. The molecular formula is C10H15N3O2. The van der Waals surface area contributed by atoms with E-state index in [1.807, 2.05) is 0 Å². The Labute approximate surface area is 89.1 Å². The number of aromatic nitrogens is 2. The van der Waals surface area contributed by atoms with Gasteiger partial charge in [-0.25, -0.2) is 9.97 Å². The number of nitrogens with zero attached hydrogens (tertiary/aromatic N) is 3. The number of hydrogen-bond acceptors (Lipinski definition) is 4. The number of hydrogen-bond donors (Lipinski definition) is 0. The Bertz CT molecular complexity index is 322. The molecule has 0 aliphatic heterocycles. The molecule has 0 N–H and O–H groups in total. The normalized spacial score (nSPS) is 9.80. The highest BCUT2D eigenvalue weighted by Gasteiger charge is 2.04. The Balaban J connectivity index is 2.47. The minimum absolute atomic E-state index is 0.103. The van der Waals surface area contributed by atoms with Crippen molar-refractivity contribution >= 4 is 5.91 Å². The van der Waals surface area contributed by atoms with Gasteiger partial charge in [0, 0.05) is 32.9 Å². The quantitative estimate of drug-likeness (QED) is 0.725. The van der Waals surface area contributed by atoms with Crippen LogP contribution in [0.2, 0.25) is 0 Å². The second-order valence-corrected chi connectivity index (χ2v) is 3.37. The summed E-state index contributed by atoms with van der Waals surface area (Å²) in [6, 6.07) is 0.345. The summed E-state index contributed by atoms with van der Waals surface area (Å²) in [6.07, 6.45) is 4.48. The van der Waals surface area contributed by atoms with Crippen LogP contribution in [0.5, 0.6) is 6.01 Å². The Morgan fingerprint density at radius 3 is 2.47 bits per heavy atom. The van der Waals surface area contributed by atoms with Gasteiger partial charge in [0.05, 0.1) is 7.11 Å². The SMILES string of the molecule is COc1ncc(CCC(=O)N(C)C)cn1. The molecule has 5 heteroatoms. The van der Waals surface area contributed by atoms with Crippen LogP contribution in [0.1, 0.15) is 12.0 Å². The minimum Gasteiger partial charge on any atom is -0.467 e. The average molecular weight is 209 g/mol. The van der Waals surface area contributed by atoms with Gasteiger partial charge in [-0.1, -0.05) is 0 Å². The number of rotatable bonds is 4. The zero-order chi connectivity index (χ0) is 11.3. The molecule has 0 unspecified atom stereocenters. The van der Waals surface area contributed by atoms with Crippen molar-refractivity contribution in [1.29, 1.82) is 0 Å². The summed E-state index contributed by atoms with van der Waals surface area (Å²) in [5.74, 6) is 0.103. The molecule has 0 bridgehead atoms. The van der Waals surface area contributed by atoms with Crippen molar-refractivity contribution in [3.05, 3.63) is 18.0 Å². The summed E-state index contributed by atoms with van der Waals surface area (Å²) in [5, 5.41) is 0. The molecule has 1 rings (SSSR count). The van der Waals surface area contributed by atoms with E-state index in [4.69, 9.17) is 4.74 Å². The van der Waals surface area contributed by atoms with Gasteiger partial charge in [0.1, 0.15) is 0 Å². The lowest BCUT2D eigenvalue weighted by Gasteiger charge is -2.09. The minimum atomic E-state index is 0.103. The third kappa shape index (κ3) is 3.53. The van der Waals surface area contributed by atoms with Gasteiger partial charge in [-0.05, 0) is 12.0 Å². The Hall–Kier alpha value is -1.65. The van der Waals surface area contributed by atoms with Gasteiger partial charge in [-0.2, -0.15) is 0 Å². The molecule has 0 saturated carbocycles. The summed E-state index contributed by atoms with van der Waals surface area (Å²) in [4.78, 5) is 20.8. The molecule has 0 saturated heterocycles. The van der Waals surface area contributed by atoms with E-state index in [9.17, 15) is 4.79 Å². The number of ether oxygens (including phenoxy) is 1. The van der Waals surface area contributed by atoms with E-state index < -0.39 is 0 Å². The predicted octanol–water partition coefficient (Wildman–Crippen LogP) is 0.506. The van der Waals surface area contributed by atoms with Crippen LogP contribution in [0.25, 0.3) is 0 Å². The van der Waals surface area contributed by atoms with Crippen molar-refractivity contribution in [1.82, 2.24) is 14.9 Å². The Kier molecular flexibility index (Phi) is 4.03. The van der Waals surface area contributed by atoms with Crippen molar-refractivity contribution in [2.24, 2.45) is 0 Å². The molecule has 82 valence electrons. The molecule has 15 heavy (non-hydrogen) atoms. The topological polar surface area (TPSA) is 55.3 Å². The van der Waals surface area contributed by atoms with Gasteiger partial charge in [0.2, 0.25) is 5.91 Å². The van der Waals surface area contributed by atoms with Crippen LogP contribution in [0, 0.1) is 0 Å². The second kappa shape index (κ2) is 5.29. The molecule has 0 fully saturated rings. The van der Waals surface area contributed by atoms with E-state index in [2.05, 4.69) is 9.97 Å².